The van der Waals surface area contributed by atoms with Crippen LogP contribution in [0.2, 0.25) is 0 Å². The van der Waals surface area contributed by atoms with Gasteiger partial charge < -0.3 is 16.0 Å². The van der Waals surface area contributed by atoms with E-state index in [1.165, 1.54) is 12.0 Å². The third-order valence-corrected chi connectivity index (χ3v) is 5.57. The maximum absolute atomic E-state index is 12.8. The van der Waals surface area contributed by atoms with Gasteiger partial charge in [0.05, 0.1) is 0 Å². The average molecular weight is 380 g/mol. The van der Waals surface area contributed by atoms with Crippen LogP contribution in [0, 0.1) is 5.92 Å². The molecule has 148 valence electrons. The Bertz CT molecular complexity index is 786. The number of para-hydroxylation sites is 1. The molecular formula is C23H29N3O2. The summed E-state index contributed by atoms with van der Waals surface area (Å²) < 4.78 is 0. The second kappa shape index (κ2) is 8.91. The van der Waals surface area contributed by atoms with E-state index in [0.29, 0.717) is 12.2 Å². The third kappa shape index (κ3) is 4.71. The fourth-order valence-electron chi connectivity index (χ4n) is 3.69. The number of carbonyl (C=O) groups excluding carboxylic acids is 2. The highest BCUT2D eigenvalue weighted by atomic mass is 16.2. The lowest BCUT2D eigenvalue weighted by Crippen LogP contribution is -2.54. The molecule has 0 bridgehead atoms. The highest BCUT2D eigenvalue weighted by molar-refractivity contribution is 5.93. The van der Waals surface area contributed by atoms with Gasteiger partial charge in [-0.2, -0.15) is 0 Å². The summed E-state index contributed by atoms with van der Waals surface area (Å²) in [5, 5.41) is 8.68. The van der Waals surface area contributed by atoms with Gasteiger partial charge in [0.2, 0.25) is 5.91 Å². The quantitative estimate of drug-likeness (QED) is 0.679. The number of benzene rings is 2. The van der Waals surface area contributed by atoms with Gasteiger partial charge in [0, 0.05) is 17.6 Å². The van der Waals surface area contributed by atoms with E-state index in [4.69, 9.17) is 0 Å². The summed E-state index contributed by atoms with van der Waals surface area (Å²) in [6.45, 7) is 4.47. The van der Waals surface area contributed by atoms with Crippen LogP contribution in [0.4, 0.5) is 10.5 Å². The molecule has 0 spiro atoms. The van der Waals surface area contributed by atoms with Gasteiger partial charge in [0.1, 0.15) is 6.04 Å². The van der Waals surface area contributed by atoms with Crippen molar-refractivity contribution in [1.29, 1.82) is 0 Å². The molecule has 1 unspecified atom stereocenters. The second-order valence-electron chi connectivity index (χ2n) is 7.90. The van der Waals surface area contributed by atoms with Crippen molar-refractivity contribution in [2.24, 2.45) is 5.92 Å². The first-order valence-electron chi connectivity index (χ1n) is 9.96. The molecule has 3 N–H and O–H groups in total. The number of urea groups is 1. The molecule has 2 aromatic rings. The maximum atomic E-state index is 12.8. The van der Waals surface area contributed by atoms with Crippen LogP contribution in [0.5, 0.6) is 0 Å². The van der Waals surface area contributed by atoms with Gasteiger partial charge in [-0.15, -0.1) is 0 Å². The lowest BCUT2D eigenvalue weighted by atomic mass is 9.64. The number of hydrogen-bond donors (Lipinski definition) is 3. The van der Waals surface area contributed by atoms with Crippen molar-refractivity contribution >= 4 is 17.6 Å². The molecule has 5 heteroatoms. The van der Waals surface area contributed by atoms with E-state index < -0.39 is 6.04 Å². The van der Waals surface area contributed by atoms with Crippen LogP contribution in [-0.2, 0) is 10.2 Å². The van der Waals surface area contributed by atoms with Crippen LogP contribution in [0.25, 0.3) is 0 Å². The lowest BCUT2D eigenvalue weighted by Gasteiger charge is -2.43. The molecule has 1 fully saturated rings. The zero-order valence-electron chi connectivity index (χ0n) is 16.6. The van der Waals surface area contributed by atoms with Gasteiger partial charge in [-0.3, -0.25) is 4.79 Å². The van der Waals surface area contributed by atoms with Crippen LogP contribution in [0.1, 0.15) is 38.7 Å². The Morgan fingerprint density at radius 1 is 0.964 bits per heavy atom. The van der Waals surface area contributed by atoms with Gasteiger partial charge >= 0.3 is 6.03 Å². The van der Waals surface area contributed by atoms with E-state index in [1.807, 2.05) is 62.4 Å². The Morgan fingerprint density at radius 3 is 2.11 bits per heavy atom. The molecule has 3 amide bonds. The van der Waals surface area contributed by atoms with Crippen molar-refractivity contribution < 1.29 is 9.59 Å². The van der Waals surface area contributed by atoms with Crippen LogP contribution < -0.4 is 16.0 Å². The monoisotopic (exact) mass is 379 g/mol. The molecular weight excluding hydrogens is 350 g/mol. The molecule has 3 rings (SSSR count). The SMILES string of the molecule is CC(C)C(NC(=O)Nc1ccccc1)C(=O)NCC1(c2ccccc2)CCC1. The normalized spacial score (nSPS) is 16.0. The van der Waals surface area contributed by atoms with E-state index in [0.717, 1.165) is 12.8 Å². The second-order valence-corrected chi connectivity index (χ2v) is 7.90. The van der Waals surface area contributed by atoms with Crippen molar-refractivity contribution in [3.8, 4) is 0 Å². The van der Waals surface area contributed by atoms with Crippen LogP contribution in [0.15, 0.2) is 60.7 Å². The Balaban J connectivity index is 1.59. The molecule has 1 saturated carbocycles. The number of rotatable bonds is 7. The fraction of sp³-hybridized carbons (Fsp3) is 0.391. The molecule has 0 aliphatic heterocycles. The summed E-state index contributed by atoms with van der Waals surface area (Å²) in [4.78, 5) is 25.2. The van der Waals surface area contributed by atoms with Gasteiger partial charge in [-0.25, -0.2) is 4.79 Å². The predicted molar refractivity (Wildman–Crippen MR) is 112 cm³/mol. The highest BCUT2D eigenvalue weighted by Crippen LogP contribution is 2.43. The van der Waals surface area contributed by atoms with E-state index in [1.54, 1.807) is 0 Å². The van der Waals surface area contributed by atoms with E-state index in [9.17, 15) is 9.59 Å². The van der Waals surface area contributed by atoms with Crippen LogP contribution in [0.3, 0.4) is 0 Å². The number of carbonyl (C=O) groups is 2. The first-order chi connectivity index (χ1) is 13.5. The summed E-state index contributed by atoms with van der Waals surface area (Å²) in [5.41, 5.74) is 1.99. The van der Waals surface area contributed by atoms with Gasteiger partial charge in [-0.05, 0) is 36.5 Å². The Hall–Kier alpha value is -2.82. The minimum atomic E-state index is -0.586. The summed E-state index contributed by atoms with van der Waals surface area (Å²) in [5.74, 6) is -0.156. The Labute approximate surface area is 166 Å². The van der Waals surface area contributed by atoms with Gasteiger partial charge in [-0.1, -0.05) is 68.8 Å². The molecule has 1 aliphatic carbocycles. The average Bonchev–Trinajstić information content (AvgIpc) is 2.66. The van der Waals surface area contributed by atoms with Crippen LogP contribution >= 0.6 is 0 Å². The number of amides is 3. The van der Waals surface area contributed by atoms with Crippen molar-refractivity contribution in [2.45, 2.75) is 44.6 Å². The molecule has 0 heterocycles. The summed E-state index contributed by atoms with van der Waals surface area (Å²) in [6.07, 6.45) is 3.33. The minimum Gasteiger partial charge on any atom is -0.353 e. The maximum Gasteiger partial charge on any atom is 0.319 e. The summed E-state index contributed by atoms with van der Waals surface area (Å²) >= 11 is 0. The predicted octanol–water partition coefficient (Wildman–Crippen LogP) is 4.07. The van der Waals surface area contributed by atoms with Crippen LogP contribution in [-0.4, -0.2) is 24.5 Å². The van der Waals surface area contributed by atoms with E-state index in [-0.39, 0.29) is 23.3 Å². The Morgan fingerprint density at radius 2 is 1.57 bits per heavy atom. The van der Waals surface area contributed by atoms with Crippen molar-refractivity contribution in [1.82, 2.24) is 10.6 Å². The van der Waals surface area contributed by atoms with Crippen molar-refractivity contribution in [3.05, 3.63) is 66.2 Å². The minimum absolute atomic E-state index is 0.0180. The molecule has 0 saturated heterocycles. The summed E-state index contributed by atoms with van der Waals surface area (Å²) in [6, 6.07) is 18.6. The van der Waals surface area contributed by atoms with Gasteiger partial charge in [0.15, 0.2) is 0 Å². The lowest BCUT2D eigenvalue weighted by molar-refractivity contribution is -0.124. The van der Waals surface area contributed by atoms with Crippen molar-refractivity contribution in [2.75, 3.05) is 11.9 Å². The van der Waals surface area contributed by atoms with E-state index >= 15 is 0 Å². The first-order valence-corrected chi connectivity index (χ1v) is 9.96. The van der Waals surface area contributed by atoms with Crippen molar-refractivity contribution in [3.63, 3.8) is 0 Å². The zero-order valence-corrected chi connectivity index (χ0v) is 16.6. The topological polar surface area (TPSA) is 70.2 Å². The molecule has 5 nitrogen and oxygen atoms in total. The molecule has 1 aliphatic rings. The third-order valence-electron chi connectivity index (χ3n) is 5.57. The largest absolute Gasteiger partial charge is 0.353 e. The molecule has 28 heavy (non-hydrogen) atoms. The Kier molecular flexibility index (Phi) is 6.34. The molecule has 1 atom stereocenters. The summed E-state index contributed by atoms with van der Waals surface area (Å²) in [7, 11) is 0. The molecule has 0 aromatic heterocycles. The smallest absolute Gasteiger partial charge is 0.319 e. The zero-order chi connectivity index (χ0) is 20.0. The number of nitrogens with one attached hydrogen (secondary N) is 3. The van der Waals surface area contributed by atoms with Gasteiger partial charge in [0.25, 0.3) is 0 Å². The van der Waals surface area contributed by atoms with E-state index in [2.05, 4.69) is 28.1 Å². The fourth-order valence-corrected chi connectivity index (χ4v) is 3.69. The standard InChI is InChI=1S/C23H29N3O2/c1-17(2)20(26-22(28)25-19-12-7-4-8-13-19)21(27)24-16-23(14-9-15-23)18-10-5-3-6-11-18/h3-8,10-13,17,20H,9,14-16H2,1-2H3,(H,24,27)(H2,25,26,28). The molecule has 0 radical (unpaired) electrons. The number of anilines is 1. The molecule has 2 aromatic carbocycles. The number of hydrogen-bond acceptors (Lipinski definition) is 2. The highest BCUT2D eigenvalue weighted by Gasteiger charge is 2.39. The first kappa shape index (κ1) is 19.9.